The molecule has 0 saturated carbocycles. The van der Waals surface area contributed by atoms with Crippen molar-refractivity contribution in [2.45, 2.75) is 65.2 Å². The molecule has 0 radical (unpaired) electrons. The van der Waals surface area contributed by atoms with E-state index >= 15 is 0 Å². The summed E-state index contributed by atoms with van der Waals surface area (Å²) >= 11 is 1.63. The van der Waals surface area contributed by atoms with Gasteiger partial charge in [0.15, 0.2) is 0 Å². The van der Waals surface area contributed by atoms with Crippen molar-refractivity contribution < 1.29 is 32.1 Å². The maximum Gasteiger partial charge on any atom is -0.870 e. The van der Waals surface area contributed by atoms with E-state index in [-0.39, 0.29) is 5.48 Å². The van der Waals surface area contributed by atoms with E-state index in [1.807, 2.05) is 86.6 Å². The van der Waals surface area contributed by atoms with Crippen LogP contribution in [0, 0.1) is 0 Å². The second-order valence-corrected chi connectivity index (χ2v) is 12.8. The minimum Gasteiger partial charge on any atom is -0.870 e. The van der Waals surface area contributed by atoms with Crippen LogP contribution in [-0.2, 0) is 17.2 Å². The number of carbonyl (C=O) groups is 2. The van der Waals surface area contributed by atoms with Gasteiger partial charge in [0, 0.05) is 0 Å². The van der Waals surface area contributed by atoms with Gasteiger partial charge in [0.2, 0.25) is 0 Å². The van der Waals surface area contributed by atoms with Crippen LogP contribution in [0.4, 0.5) is 0 Å². The molecule has 232 valence electrons. The van der Waals surface area contributed by atoms with Gasteiger partial charge in [-0.05, 0) is 0 Å². The Morgan fingerprint density at radius 3 is 1.39 bits per heavy atom. The molecule has 0 spiro atoms. The first-order valence-electron chi connectivity index (χ1n) is 14.9. The average Bonchev–Trinajstić information content (AvgIpc) is 3.65. The van der Waals surface area contributed by atoms with E-state index in [1.165, 1.54) is 22.7 Å². The van der Waals surface area contributed by atoms with Crippen LogP contribution in [0.5, 0.6) is 10.1 Å². The molecule has 0 amide bonds. The average molecular weight is 651 g/mol. The van der Waals surface area contributed by atoms with Crippen LogP contribution >= 0.6 is 22.7 Å². The summed E-state index contributed by atoms with van der Waals surface area (Å²) in [5, 5.41) is 1.55. The van der Waals surface area contributed by atoms with Gasteiger partial charge in [0.1, 0.15) is 0 Å². The molecule has 0 bridgehead atoms. The van der Waals surface area contributed by atoms with Crippen molar-refractivity contribution in [3.63, 3.8) is 0 Å². The molecule has 10 heteroatoms. The van der Waals surface area contributed by atoms with E-state index in [2.05, 4.69) is 13.8 Å². The van der Waals surface area contributed by atoms with Crippen LogP contribution in [0.25, 0.3) is 22.3 Å². The van der Waals surface area contributed by atoms with Crippen molar-refractivity contribution in [2.75, 3.05) is 13.2 Å². The van der Waals surface area contributed by atoms with Crippen LogP contribution in [-0.4, -0.2) is 46.5 Å². The predicted octanol–water partition coefficient (Wildman–Crippen LogP) is 8.85. The Bertz CT molecular complexity index is 1340. The van der Waals surface area contributed by atoms with Crippen LogP contribution < -0.4 is 9.47 Å². The molecule has 2 heterocycles. The largest absolute Gasteiger partial charge is 0.870 e. The van der Waals surface area contributed by atoms with Crippen LogP contribution in [0.15, 0.2) is 72.8 Å². The fraction of sp³-hybridized carbons (Fsp3) is 0.353. The Hall–Kier alpha value is -3.13. The molecule has 0 aliphatic rings. The number of ether oxygens (including phenoxy) is 2. The summed E-state index contributed by atoms with van der Waals surface area (Å²) in [5.74, 6) is -1.77. The van der Waals surface area contributed by atoms with Crippen molar-refractivity contribution >= 4 is 50.5 Å². The summed E-state index contributed by atoms with van der Waals surface area (Å²) in [6.45, 7) is 9.26. The van der Waals surface area contributed by atoms with Gasteiger partial charge in [-0.15, -0.1) is 0 Å². The SMILES string of the molecule is CCCOc1cc(-c2ccccc2)c(C(CC)C(=O)[O][Al+][O]C(=O)C(CC)c2sc(OCCC)cc2-c2ccccc2)s1.[OH-]. The van der Waals surface area contributed by atoms with Gasteiger partial charge in [-0.25, -0.2) is 0 Å². The molecule has 2 aromatic heterocycles. The Kier molecular flexibility index (Phi) is 14.5. The first-order valence-corrected chi connectivity index (χ1v) is 17.4. The van der Waals surface area contributed by atoms with Crippen molar-refractivity contribution in [2.24, 2.45) is 0 Å². The number of hydrogen-bond acceptors (Lipinski definition) is 9. The topological polar surface area (TPSA) is 101 Å². The Balaban J connectivity index is 0.00000529. The number of hydrogen-bond donors (Lipinski definition) is 0. The molecule has 7 nitrogen and oxygen atoms in total. The van der Waals surface area contributed by atoms with Crippen LogP contribution in [0.1, 0.15) is 75.0 Å². The summed E-state index contributed by atoms with van der Waals surface area (Å²) in [6, 6.07) is 24.0. The van der Waals surface area contributed by atoms with E-state index in [4.69, 9.17) is 17.1 Å². The summed E-state index contributed by atoms with van der Waals surface area (Å²) in [7, 11) is 0. The smallest absolute Gasteiger partial charge is 0.870 e. The predicted molar refractivity (Wildman–Crippen MR) is 177 cm³/mol. The third-order valence-corrected chi connectivity index (χ3v) is 9.87. The molecule has 1 N–H and O–H groups in total. The van der Waals surface area contributed by atoms with E-state index in [9.17, 15) is 9.59 Å². The molecule has 2 atom stereocenters. The first kappa shape index (κ1) is 35.4. The summed E-state index contributed by atoms with van der Waals surface area (Å²) in [4.78, 5) is 28.5. The summed E-state index contributed by atoms with van der Waals surface area (Å²) in [6.07, 6.45) is 2.89. The Morgan fingerprint density at radius 2 is 1.05 bits per heavy atom. The third kappa shape index (κ3) is 8.96. The number of benzene rings is 2. The van der Waals surface area contributed by atoms with E-state index in [1.54, 1.807) is 0 Å². The number of rotatable bonds is 16. The quantitative estimate of drug-likeness (QED) is 0.112. The molecule has 2 aromatic carbocycles. The molecule has 44 heavy (non-hydrogen) atoms. The van der Waals surface area contributed by atoms with E-state index in [0.29, 0.717) is 26.1 Å². The van der Waals surface area contributed by atoms with Gasteiger partial charge >= 0.3 is 270 Å². The van der Waals surface area contributed by atoms with Gasteiger partial charge in [-0.2, -0.15) is 0 Å². The summed E-state index contributed by atoms with van der Waals surface area (Å²) in [5.41, 5.74) is 3.96. The number of thiophene rings is 2. The normalized spacial score (nSPS) is 11.9. The van der Waals surface area contributed by atoms with Gasteiger partial charge in [-0.3, -0.25) is 0 Å². The molecular formula is C34H39AlO7S2. The molecule has 2 unspecified atom stereocenters. The van der Waals surface area contributed by atoms with Gasteiger partial charge in [-0.1, -0.05) is 0 Å². The zero-order valence-corrected chi connectivity index (χ0v) is 28.4. The van der Waals surface area contributed by atoms with Gasteiger partial charge in [0.25, 0.3) is 0 Å². The molecular weight excluding hydrogens is 611 g/mol. The van der Waals surface area contributed by atoms with Crippen LogP contribution in [0.3, 0.4) is 0 Å². The monoisotopic (exact) mass is 650 g/mol. The minimum atomic E-state index is -1.33. The van der Waals surface area contributed by atoms with Crippen molar-refractivity contribution in [3.05, 3.63) is 82.6 Å². The van der Waals surface area contributed by atoms with E-state index < -0.39 is 39.7 Å². The second-order valence-electron chi connectivity index (χ2n) is 10.0. The zero-order valence-electron chi connectivity index (χ0n) is 25.6. The fourth-order valence-electron chi connectivity index (χ4n) is 4.72. The molecule has 4 rings (SSSR count). The van der Waals surface area contributed by atoms with Gasteiger partial charge in [0.05, 0.1) is 0 Å². The fourth-order valence-corrected chi connectivity index (χ4v) is 7.74. The van der Waals surface area contributed by atoms with Crippen molar-refractivity contribution in [3.8, 4) is 32.4 Å². The van der Waals surface area contributed by atoms with Crippen molar-refractivity contribution in [1.82, 2.24) is 0 Å². The van der Waals surface area contributed by atoms with Gasteiger partial charge < -0.3 is 5.48 Å². The molecule has 0 aliphatic carbocycles. The zero-order chi connectivity index (χ0) is 30.6. The maximum absolute atomic E-state index is 13.4. The molecule has 0 fully saturated rings. The third-order valence-electron chi connectivity index (χ3n) is 6.89. The van der Waals surface area contributed by atoms with Crippen molar-refractivity contribution in [1.29, 1.82) is 0 Å². The standard InChI is InChI=1S/2C17H20O3S.Al.H2O/c2*1-3-10-20-15-11-14(12-8-6-5-7-9-12)16(21-15)13(4-2)17(18)19;;/h2*5-9,11,13H,3-4,10H2,1-2H3,(H,18,19);;1H2/q;;+3;/p-3. The Labute approximate surface area is 274 Å². The molecule has 0 aliphatic heterocycles. The first-order chi connectivity index (χ1) is 21.0. The summed E-state index contributed by atoms with van der Waals surface area (Å²) < 4.78 is 23.2. The Morgan fingerprint density at radius 1 is 0.659 bits per heavy atom. The maximum atomic E-state index is 13.4. The second kappa shape index (κ2) is 18.0. The van der Waals surface area contributed by atoms with E-state index in [0.717, 1.165) is 55.0 Å². The molecule has 0 saturated heterocycles. The number of carbonyl (C=O) groups excluding carboxylic acids is 2. The molecule has 4 aromatic rings. The minimum absolute atomic E-state index is 0. The van der Waals surface area contributed by atoms with Crippen LogP contribution in [0.2, 0.25) is 0 Å².